The van der Waals surface area contributed by atoms with Crippen LogP contribution in [0.25, 0.3) is 17.0 Å². The molecule has 0 bridgehead atoms. The molecule has 11 nitrogen and oxygen atoms in total. The molecule has 3 aromatic rings. The van der Waals surface area contributed by atoms with Gasteiger partial charge in [0.25, 0.3) is 0 Å². The molecule has 1 saturated carbocycles. The number of rotatable bonds is 11. The Kier molecular flexibility index (Phi) is 11.8. The van der Waals surface area contributed by atoms with Gasteiger partial charge in [-0.3, -0.25) is 4.79 Å². The molecular weight excluding hydrogens is 703 g/mol. The minimum Gasteiger partial charge on any atom is -0.495 e. The summed E-state index contributed by atoms with van der Waals surface area (Å²) in [5.74, 6) is 1.44. The molecule has 11 heteroatoms. The van der Waals surface area contributed by atoms with Crippen molar-refractivity contribution in [2.75, 3.05) is 23.9 Å². The fourth-order valence-corrected chi connectivity index (χ4v) is 9.07. The van der Waals surface area contributed by atoms with Crippen molar-refractivity contribution in [1.29, 1.82) is 5.26 Å². The van der Waals surface area contributed by atoms with Gasteiger partial charge in [-0.25, -0.2) is 14.8 Å². The molecule has 2 aliphatic heterocycles. The van der Waals surface area contributed by atoms with Crippen molar-refractivity contribution in [2.24, 2.45) is 28.7 Å². The number of amides is 1. The molecule has 0 saturated heterocycles. The summed E-state index contributed by atoms with van der Waals surface area (Å²) in [6, 6.07) is 12.0. The first-order valence-electron chi connectivity index (χ1n) is 20.5. The van der Waals surface area contributed by atoms with Crippen LogP contribution in [-0.2, 0) is 14.3 Å². The van der Waals surface area contributed by atoms with Crippen LogP contribution in [0, 0.1) is 41.9 Å². The molecular formula is C45H59N7O4. The number of carbonyl (C=O) groups is 2. The van der Waals surface area contributed by atoms with Gasteiger partial charge in [0.2, 0.25) is 5.91 Å². The van der Waals surface area contributed by atoms with Gasteiger partial charge in [0, 0.05) is 29.3 Å². The number of carbonyl (C=O) groups excluding carboxylic acids is 2. The molecule has 1 aliphatic carbocycles. The second-order valence-corrected chi connectivity index (χ2v) is 17.2. The van der Waals surface area contributed by atoms with Gasteiger partial charge in [0.05, 0.1) is 18.5 Å². The van der Waals surface area contributed by atoms with E-state index < -0.39 is 5.97 Å². The molecule has 3 heterocycles. The van der Waals surface area contributed by atoms with Gasteiger partial charge in [-0.2, -0.15) is 9.94 Å². The Morgan fingerprint density at radius 3 is 2.46 bits per heavy atom. The van der Waals surface area contributed by atoms with Gasteiger partial charge >= 0.3 is 5.97 Å². The molecule has 56 heavy (non-hydrogen) atoms. The first-order valence-corrected chi connectivity index (χ1v) is 20.5. The zero-order valence-electron chi connectivity index (χ0n) is 35.1. The fraction of sp³-hybridized carbons (Fsp3) is 0.556. The lowest BCUT2D eigenvalue weighted by atomic mass is 9.75. The summed E-state index contributed by atoms with van der Waals surface area (Å²) in [5.41, 5.74) is 5.31. The normalized spacial score (nSPS) is 24.0. The first kappa shape index (κ1) is 40.7. The molecule has 1 aromatic heterocycles. The van der Waals surface area contributed by atoms with Crippen molar-refractivity contribution >= 4 is 40.3 Å². The molecule has 3 aliphatic rings. The average molecular weight is 762 g/mol. The monoisotopic (exact) mass is 761 g/mol. The highest BCUT2D eigenvalue weighted by molar-refractivity contribution is 6.30. The highest BCUT2D eigenvalue weighted by atomic mass is 16.5. The van der Waals surface area contributed by atoms with E-state index in [4.69, 9.17) is 24.5 Å². The number of hydrogen-bond donors (Lipinski definition) is 1. The molecule has 6 rings (SSSR count). The summed E-state index contributed by atoms with van der Waals surface area (Å²) in [6.45, 7) is 22.4. The Morgan fingerprint density at radius 2 is 1.82 bits per heavy atom. The van der Waals surface area contributed by atoms with Crippen LogP contribution >= 0.6 is 0 Å². The van der Waals surface area contributed by atoms with E-state index in [0.717, 1.165) is 44.2 Å². The number of nitrogens with one attached hydrogen (secondary N) is 1. The number of nitriles is 1. The van der Waals surface area contributed by atoms with E-state index in [0.29, 0.717) is 46.8 Å². The van der Waals surface area contributed by atoms with Crippen molar-refractivity contribution in [3.8, 4) is 23.2 Å². The summed E-state index contributed by atoms with van der Waals surface area (Å²) >= 11 is 0. The number of ether oxygens (including phenoxy) is 2. The Labute approximate surface area is 332 Å². The second kappa shape index (κ2) is 16.2. The summed E-state index contributed by atoms with van der Waals surface area (Å²) in [7, 11) is 1.55. The maximum absolute atomic E-state index is 14.4. The van der Waals surface area contributed by atoms with Gasteiger partial charge in [-0.1, -0.05) is 54.9 Å². The van der Waals surface area contributed by atoms with Crippen LogP contribution in [0.4, 0.5) is 17.1 Å². The number of hydrogen-bond acceptors (Lipinski definition) is 9. The summed E-state index contributed by atoms with van der Waals surface area (Å²) in [5, 5.41) is 18.6. The molecule has 1 fully saturated rings. The number of benzene rings is 2. The van der Waals surface area contributed by atoms with Crippen LogP contribution < -0.4 is 15.0 Å². The van der Waals surface area contributed by atoms with Gasteiger partial charge < -0.3 is 19.7 Å². The summed E-state index contributed by atoms with van der Waals surface area (Å²) < 4.78 is 13.4. The number of methoxy groups -OCH3 is 1. The van der Waals surface area contributed by atoms with Crippen molar-refractivity contribution in [1.82, 2.24) is 14.8 Å². The molecule has 0 radical (unpaired) electrons. The quantitative estimate of drug-likeness (QED) is 0.191. The van der Waals surface area contributed by atoms with Crippen LogP contribution in [0.15, 0.2) is 40.9 Å². The van der Waals surface area contributed by atoms with Gasteiger partial charge in [-0.05, 0) is 118 Å². The molecule has 298 valence electrons. The van der Waals surface area contributed by atoms with E-state index in [1.807, 2.05) is 20.8 Å². The number of unbranched alkanes of at least 4 members (excludes halogenated alkanes) is 1. The Hall–Kier alpha value is -4.98. The number of aryl methyl sites for hydroxylation is 1. The lowest BCUT2D eigenvalue weighted by molar-refractivity contribution is -0.150. The minimum absolute atomic E-state index is 0.00858. The van der Waals surface area contributed by atoms with E-state index in [2.05, 4.69) is 76.9 Å². The van der Waals surface area contributed by atoms with Crippen molar-refractivity contribution in [2.45, 2.75) is 125 Å². The van der Waals surface area contributed by atoms with E-state index in [1.165, 1.54) is 15.9 Å². The third-order valence-electron chi connectivity index (χ3n) is 12.2. The lowest BCUT2D eigenvalue weighted by Crippen LogP contribution is -2.48. The SMILES string of the molecule is CCCCN1c2cc(C)c(N=C3C(C#N)=C(C(=O)OC4C(C)CC(C)CC4C)c4nc(-c5ccc(OC)c(NC(=O)C(C)CC)c5)nn43)cc2C(C)CC1(C)C. The smallest absolute Gasteiger partial charge is 0.343 e. The van der Waals surface area contributed by atoms with Crippen LogP contribution in [0.3, 0.4) is 0 Å². The minimum atomic E-state index is -0.606. The highest BCUT2D eigenvalue weighted by Crippen LogP contribution is 2.46. The molecule has 2 aromatic carbocycles. The predicted molar refractivity (Wildman–Crippen MR) is 222 cm³/mol. The number of nitrogens with zero attached hydrogens (tertiary/aromatic N) is 6. The molecule has 1 N–H and O–H groups in total. The third kappa shape index (κ3) is 7.72. The predicted octanol–water partition coefficient (Wildman–Crippen LogP) is 9.62. The van der Waals surface area contributed by atoms with E-state index in [9.17, 15) is 14.9 Å². The molecule has 4 unspecified atom stereocenters. The second-order valence-electron chi connectivity index (χ2n) is 17.2. The van der Waals surface area contributed by atoms with Crippen molar-refractivity contribution < 1.29 is 19.1 Å². The average Bonchev–Trinajstić information content (AvgIpc) is 3.70. The number of aliphatic imine (C=N–C) groups is 1. The Bertz CT molecular complexity index is 2090. The number of anilines is 2. The first-order chi connectivity index (χ1) is 26.6. The topological polar surface area (TPSA) is 135 Å². The van der Waals surface area contributed by atoms with Crippen LogP contribution in [-0.4, -0.2) is 57.8 Å². The van der Waals surface area contributed by atoms with Crippen LogP contribution in [0.5, 0.6) is 5.75 Å². The summed E-state index contributed by atoms with van der Waals surface area (Å²) in [4.78, 5) is 39.9. The Morgan fingerprint density at radius 1 is 1.11 bits per heavy atom. The zero-order chi connectivity index (χ0) is 40.6. The summed E-state index contributed by atoms with van der Waals surface area (Å²) in [6.07, 6.45) is 5.51. The van der Waals surface area contributed by atoms with Crippen LogP contribution in [0.1, 0.15) is 124 Å². The van der Waals surface area contributed by atoms with E-state index >= 15 is 0 Å². The van der Waals surface area contributed by atoms with Gasteiger partial charge in [0.15, 0.2) is 17.5 Å². The van der Waals surface area contributed by atoms with E-state index in [-0.39, 0.29) is 58.1 Å². The fourth-order valence-electron chi connectivity index (χ4n) is 9.07. The third-order valence-corrected chi connectivity index (χ3v) is 12.2. The maximum atomic E-state index is 14.4. The number of allylic oxidation sites excluding steroid dienone is 1. The van der Waals surface area contributed by atoms with Crippen molar-refractivity contribution in [3.63, 3.8) is 0 Å². The zero-order valence-corrected chi connectivity index (χ0v) is 35.1. The Balaban J connectivity index is 1.49. The van der Waals surface area contributed by atoms with Gasteiger partial charge in [-0.15, -0.1) is 5.10 Å². The van der Waals surface area contributed by atoms with E-state index in [1.54, 1.807) is 25.3 Å². The molecule has 1 amide bonds. The van der Waals surface area contributed by atoms with Crippen LogP contribution in [0.2, 0.25) is 0 Å². The number of fused-ring (bicyclic) bond motifs is 2. The highest BCUT2D eigenvalue weighted by Gasteiger charge is 2.41. The lowest BCUT2D eigenvalue weighted by Gasteiger charge is -2.48. The maximum Gasteiger partial charge on any atom is 0.343 e. The largest absolute Gasteiger partial charge is 0.495 e. The molecule has 0 spiro atoms. The standard InChI is InChI=1S/C45H59N7O4/c1-12-14-17-51-36-20-27(5)34(22-32(36)30(8)23-45(51,9)10)47-41-33(24-46)38(44(54)56-39-28(6)18-25(3)19-29(39)7)42-49-40(50-52(41)42)31-15-16-37(55-11)35(21-31)48-43(53)26(4)13-2/h15-16,20-22,25-26,28-30,39H,12-14,17-19,23H2,1-11H3,(H,48,53). The number of aromatic nitrogens is 3. The molecule has 4 atom stereocenters. The van der Waals surface area contributed by atoms with Crippen molar-refractivity contribution in [3.05, 3.63) is 52.9 Å². The van der Waals surface area contributed by atoms with Gasteiger partial charge in [0.1, 0.15) is 29.1 Å². The number of esters is 1.